The van der Waals surface area contributed by atoms with Crippen LogP contribution in [0, 0.1) is 12.8 Å². The van der Waals surface area contributed by atoms with Gasteiger partial charge in [0, 0.05) is 31.3 Å². The van der Waals surface area contributed by atoms with Crippen molar-refractivity contribution in [2.24, 2.45) is 11.7 Å². The number of hydrogen-bond acceptors (Lipinski definition) is 7. The molecule has 2 N–H and O–H groups in total. The van der Waals surface area contributed by atoms with Crippen molar-refractivity contribution in [1.82, 2.24) is 14.9 Å². The molecule has 3 heterocycles. The number of primary amides is 1. The van der Waals surface area contributed by atoms with E-state index in [0.717, 1.165) is 55.9 Å². The molecule has 1 unspecified atom stereocenters. The van der Waals surface area contributed by atoms with Gasteiger partial charge in [0.05, 0.1) is 18.3 Å². The minimum Gasteiger partial charge on any atom is -0.457 e. The van der Waals surface area contributed by atoms with E-state index in [1.807, 2.05) is 0 Å². The van der Waals surface area contributed by atoms with Crippen molar-refractivity contribution in [3.8, 4) is 5.19 Å². The van der Waals surface area contributed by atoms with E-state index < -0.39 is 18.2 Å². The smallest absolute Gasteiger partial charge is 0.425 e. The number of aromatic nitrogens is 2. The van der Waals surface area contributed by atoms with Crippen molar-refractivity contribution in [2.75, 3.05) is 19.6 Å². The van der Waals surface area contributed by atoms with Crippen molar-refractivity contribution in [3.63, 3.8) is 0 Å². The van der Waals surface area contributed by atoms with Crippen molar-refractivity contribution in [2.45, 2.75) is 83.9 Å². The largest absolute Gasteiger partial charge is 0.457 e. The quantitative estimate of drug-likeness (QED) is 0.452. The Hall–Kier alpha value is -2.40. The van der Waals surface area contributed by atoms with Crippen LogP contribution in [0.3, 0.4) is 0 Å². The number of rotatable bonds is 7. The monoisotopic (exact) mass is 544 g/mol. The van der Waals surface area contributed by atoms with E-state index in [1.54, 1.807) is 6.92 Å². The minimum absolute atomic E-state index is 0.126. The van der Waals surface area contributed by atoms with E-state index in [4.69, 9.17) is 14.9 Å². The van der Waals surface area contributed by atoms with Gasteiger partial charge in [0.25, 0.3) is 5.19 Å². The summed E-state index contributed by atoms with van der Waals surface area (Å²) in [6, 6.07) is 0. The zero-order valence-electron chi connectivity index (χ0n) is 21.8. The molecule has 2 aliphatic rings. The number of carbonyl (C=O) groups excluding carboxylic acids is 1. The van der Waals surface area contributed by atoms with Crippen LogP contribution in [-0.4, -0.2) is 52.7 Å². The van der Waals surface area contributed by atoms with Gasteiger partial charge in [-0.3, -0.25) is 4.79 Å². The second kappa shape index (κ2) is 15.1. The predicted octanol–water partition coefficient (Wildman–Crippen LogP) is 5.66. The van der Waals surface area contributed by atoms with Crippen LogP contribution < -0.4 is 10.5 Å². The summed E-state index contributed by atoms with van der Waals surface area (Å²) in [7, 11) is 0. The second-order valence-corrected chi connectivity index (χ2v) is 10.3. The van der Waals surface area contributed by atoms with Gasteiger partial charge in [-0.15, -0.1) is 13.2 Å². The van der Waals surface area contributed by atoms with Crippen LogP contribution in [0.5, 0.6) is 5.19 Å². The van der Waals surface area contributed by atoms with Crippen molar-refractivity contribution in [3.05, 3.63) is 41.6 Å². The van der Waals surface area contributed by atoms with Crippen LogP contribution >= 0.6 is 11.3 Å². The van der Waals surface area contributed by atoms with E-state index in [2.05, 4.69) is 28.0 Å². The Morgan fingerprint density at radius 3 is 2.54 bits per heavy atom. The average Bonchev–Trinajstić information content (AvgIpc) is 3.39. The average molecular weight is 545 g/mol. The molecule has 7 nitrogen and oxygen atoms in total. The Kier molecular flexibility index (Phi) is 12.6. The van der Waals surface area contributed by atoms with Gasteiger partial charge < -0.3 is 19.8 Å². The topological polar surface area (TPSA) is 94.5 Å². The number of alkyl halides is 3. The molecule has 2 aromatic rings. The highest BCUT2D eigenvalue weighted by molar-refractivity contribution is 7.13. The fourth-order valence-electron chi connectivity index (χ4n) is 4.38. The maximum Gasteiger partial charge on any atom is 0.425 e. The van der Waals surface area contributed by atoms with Gasteiger partial charge in [0.1, 0.15) is 5.76 Å². The molecule has 1 amide bonds. The Labute approximate surface area is 221 Å². The Morgan fingerprint density at radius 2 is 1.95 bits per heavy atom. The van der Waals surface area contributed by atoms with Gasteiger partial charge in [-0.2, -0.15) is 13.2 Å². The number of ether oxygens (including phenoxy) is 1. The molecule has 0 saturated heterocycles. The van der Waals surface area contributed by atoms with E-state index in [-0.39, 0.29) is 11.6 Å². The van der Waals surface area contributed by atoms with Crippen molar-refractivity contribution < 1.29 is 27.1 Å². The number of carbonyl (C=O) groups is 1. The van der Waals surface area contributed by atoms with Crippen LogP contribution in [0.4, 0.5) is 13.2 Å². The molecule has 37 heavy (non-hydrogen) atoms. The second-order valence-electron chi connectivity index (χ2n) is 9.27. The summed E-state index contributed by atoms with van der Waals surface area (Å²) in [5.41, 5.74) is 5.83. The van der Waals surface area contributed by atoms with E-state index in [0.29, 0.717) is 11.7 Å². The van der Waals surface area contributed by atoms with Crippen LogP contribution in [0.2, 0.25) is 0 Å². The van der Waals surface area contributed by atoms with Gasteiger partial charge in [-0.05, 0) is 32.2 Å². The lowest BCUT2D eigenvalue weighted by molar-refractivity contribution is -0.189. The number of halogens is 3. The number of nitrogens with two attached hydrogens (primary N) is 1. The predicted molar refractivity (Wildman–Crippen MR) is 139 cm³/mol. The molecule has 0 aromatic carbocycles. The van der Waals surface area contributed by atoms with Crippen LogP contribution in [0.25, 0.3) is 0 Å². The molecular formula is C26H39F3N4O3S. The third-order valence-electron chi connectivity index (χ3n) is 6.41. The fraction of sp³-hybridized carbons (Fsp3) is 0.654. The summed E-state index contributed by atoms with van der Waals surface area (Å²) in [5, 5.41) is 0.158. The molecule has 2 aromatic heterocycles. The molecule has 208 valence electrons. The number of thiazole rings is 1. The van der Waals surface area contributed by atoms with Gasteiger partial charge in [-0.1, -0.05) is 43.4 Å². The Balaban J connectivity index is 0.000000336. The fourth-order valence-corrected chi connectivity index (χ4v) is 5.40. The number of hydrogen-bond donors (Lipinski definition) is 1. The summed E-state index contributed by atoms with van der Waals surface area (Å²) < 4.78 is 47.8. The number of oxazole rings is 1. The number of nitrogens with zero attached hydrogens (tertiary/aromatic N) is 3. The maximum absolute atomic E-state index is 12.6. The molecule has 1 atom stereocenters. The molecular weight excluding hydrogens is 505 g/mol. The molecule has 11 heteroatoms. The highest BCUT2D eigenvalue weighted by Gasteiger charge is 2.38. The standard InChI is InChI=1S/C18H27F3N2OS.C6H8N2O2.C2H4/c1-13(18(19,20)21)24-17-22-15-8-11-23(12-9-16(15)25-17)10-7-14-5-3-2-4-6-14;1-4-8-3-5(10-4)2-6(7)9;1-2/h13-14H,2-12H2,1H3;3H,2H2,1H3,(H2,7,9);1-2H2. The maximum atomic E-state index is 12.6. The molecule has 4 rings (SSSR count). The Morgan fingerprint density at radius 1 is 1.27 bits per heavy atom. The molecule has 1 aliphatic carbocycles. The highest BCUT2D eigenvalue weighted by Crippen LogP contribution is 2.32. The molecule has 0 bridgehead atoms. The molecule has 0 spiro atoms. The first-order valence-corrected chi connectivity index (χ1v) is 13.6. The summed E-state index contributed by atoms with van der Waals surface area (Å²) >= 11 is 1.28. The van der Waals surface area contributed by atoms with E-state index >= 15 is 0 Å². The highest BCUT2D eigenvalue weighted by atomic mass is 32.1. The number of aryl methyl sites for hydroxylation is 1. The van der Waals surface area contributed by atoms with Crippen molar-refractivity contribution in [1.29, 1.82) is 0 Å². The summed E-state index contributed by atoms with van der Waals surface area (Å²) in [4.78, 5) is 22.0. The third-order valence-corrected chi connectivity index (χ3v) is 7.46. The minimum atomic E-state index is -4.35. The first-order valence-electron chi connectivity index (χ1n) is 12.7. The normalized spacial score (nSPS) is 17.3. The SMILES string of the molecule is C=C.CC(Oc1nc2c(s1)CCN(CCC1CCCCC1)CC2)C(F)(F)F.Cc1ncc(CC(N)=O)o1. The summed E-state index contributed by atoms with van der Waals surface area (Å²) in [5.74, 6) is 1.55. The lowest BCUT2D eigenvalue weighted by atomic mass is 9.87. The lowest BCUT2D eigenvalue weighted by Crippen LogP contribution is -2.31. The molecule has 1 aliphatic heterocycles. The van der Waals surface area contributed by atoms with Gasteiger partial charge >= 0.3 is 6.18 Å². The van der Waals surface area contributed by atoms with Gasteiger partial charge in [0.2, 0.25) is 5.91 Å². The summed E-state index contributed by atoms with van der Waals surface area (Å²) in [6.07, 6.45) is 5.32. The molecule has 0 radical (unpaired) electrons. The van der Waals surface area contributed by atoms with E-state index in [1.165, 1.54) is 56.1 Å². The summed E-state index contributed by atoms with van der Waals surface area (Å²) in [6.45, 7) is 11.8. The van der Waals surface area contributed by atoms with Crippen molar-refractivity contribution >= 4 is 17.2 Å². The first kappa shape index (κ1) is 30.8. The zero-order chi connectivity index (χ0) is 27.4. The van der Waals surface area contributed by atoms with Gasteiger partial charge in [-0.25, -0.2) is 9.97 Å². The Bertz CT molecular complexity index is 932. The first-order chi connectivity index (χ1) is 17.6. The molecule has 1 saturated carbocycles. The third kappa shape index (κ3) is 10.9. The lowest BCUT2D eigenvalue weighted by Gasteiger charge is -2.26. The van der Waals surface area contributed by atoms with E-state index in [9.17, 15) is 18.0 Å². The van der Waals surface area contributed by atoms with Gasteiger partial charge in [0.15, 0.2) is 12.0 Å². The number of amides is 1. The van der Waals surface area contributed by atoms with Crippen LogP contribution in [0.1, 0.15) is 67.7 Å². The van der Waals surface area contributed by atoms with Crippen LogP contribution in [-0.2, 0) is 24.1 Å². The zero-order valence-corrected chi connectivity index (χ0v) is 22.6. The van der Waals surface area contributed by atoms with Crippen LogP contribution in [0.15, 0.2) is 23.8 Å². The number of fused-ring (bicyclic) bond motifs is 1. The molecule has 1 fully saturated rings.